The molecule has 0 N–H and O–H groups in total. The highest BCUT2D eigenvalue weighted by atomic mass is 16.5. The zero-order valence-electron chi connectivity index (χ0n) is 17.6. The van der Waals surface area contributed by atoms with Crippen LogP contribution in [-0.4, -0.2) is 39.2 Å². The molecule has 0 aliphatic carbocycles. The van der Waals surface area contributed by atoms with E-state index in [0.717, 1.165) is 11.1 Å². The topological polar surface area (TPSA) is 71.1 Å². The van der Waals surface area contributed by atoms with Crippen LogP contribution >= 0.6 is 0 Å². The van der Waals surface area contributed by atoms with Crippen LogP contribution in [0.1, 0.15) is 34.0 Å². The molecule has 29 heavy (non-hydrogen) atoms. The number of ketones is 1. The van der Waals surface area contributed by atoms with E-state index in [9.17, 15) is 9.59 Å². The number of carbonyl (C=O) groups is 2. The number of benzene rings is 2. The number of methoxy groups -OCH3 is 3. The summed E-state index contributed by atoms with van der Waals surface area (Å²) in [6.45, 7) is 5.33. The van der Waals surface area contributed by atoms with E-state index in [-0.39, 0.29) is 5.78 Å². The van der Waals surface area contributed by atoms with Crippen molar-refractivity contribution in [2.45, 2.75) is 26.9 Å². The largest absolute Gasteiger partial charge is 0.493 e. The van der Waals surface area contributed by atoms with Crippen LogP contribution in [0.3, 0.4) is 0 Å². The van der Waals surface area contributed by atoms with Gasteiger partial charge in [-0.05, 0) is 56.2 Å². The van der Waals surface area contributed by atoms with Gasteiger partial charge in [0.15, 0.2) is 17.6 Å². The van der Waals surface area contributed by atoms with Gasteiger partial charge in [0.05, 0.1) is 21.3 Å². The second kappa shape index (κ2) is 9.78. The first kappa shape index (κ1) is 22.0. The molecule has 2 rings (SSSR count). The standard InChI is InChI=1S/C23H26O6/c1-14-7-8-15(2)18(11-14)22(25)16(3)29-21(24)10-9-17-12-19(26-4)23(28-6)20(13-17)27-5/h7-13,16H,1-6H3/b10-9+/t16-/m0/s1. The van der Waals surface area contributed by atoms with Crippen LogP contribution in [0.2, 0.25) is 0 Å². The predicted octanol–water partition coefficient (Wildman–Crippen LogP) is 4.16. The van der Waals surface area contributed by atoms with Gasteiger partial charge in [0, 0.05) is 11.6 Å². The number of hydrogen-bond acceptors (Lipinski definition) is 6. The summed E-state index contributed by atoms with van der Waals surface area (Å²) in [5.74, 6) is 0.546. The van der Waals surface area contributed by atoms with Crippen LogP contribution in [0.25, 0.3) is 6.08 Å². The van der Waals surface area contributed by atoms with Crippen LogP contribution < -0.4 is 14.2 Å². The summed E-state index contributed by atoms with van der Waals surface area (Å²) in [5.41, 5.74) is 3.03. The highest BCUT2D eigenvalue weighted by Crippen LogP contribution is 2.38. The first-order chi connectivity index (χ1) is 13.8. The summed E-state index contributed by atoms with van der Waals surface area (Å²) in [7, 11) is 4.54. The van der Waals surface area contributed by atoms with Crippen molar-refractivity contribution in [2.75, 3.05) is 21.3 Å². The third-order valence-corrected chi connectivity index (χ3v) is 4.42. The molecule has 0 saturated heterocycles. The molecule has 0 fully saturated rings. The Morgan fingerprint density at radius 3 is 2.10 bits per heavy atom. The summed E-state index contributed by atoms with van der Waals surface area (Å²) in [4.78, 5) is 24.8. The number of ether oxygens (including phenoxy) is 4. The third kappa shape index (κ3) is 5.38. The van der Waals surface area contributed by atoms with E-state index in [0.29, 0.717) is 28.4 Å². The monoisotopic (exact) mass is 398 g/mol. The van der Waals surface area contributed by atoms with Gasteiger partial charge in [-0.15, -0.1) is 0 Å². The van der Waals surface area contributed by atoms with Crippen LogP contribution in [0, 0.1) is 13.8 Å². The van der Waals surface area contributed by atoms with Gasteiger partial charge in [0.1, 0.15) is 0 Å². The molecule has 0 radical (unpaired) electrons. The smallest absolute Gasteiger partial charge is 0.331 e. The Kier molecular flexibility index (Phi) is 7.42. The SMILES string of the molecule is COc1cc(/C=C/C(=O)O[C@@H](C)C(=O)c2cc(C)ccc2C)cc(OC)c1OC. The van der Waals surface area contributed by atoms with Crippen LogP contribution in [-0.2, 0) is 9.53 Å². The van der Waals surface area contributed by atoms with Gasteiger partial charge < -0.3 is 18.9 Å². The molecule has 0 amide bonds. The van der Waals surface area contributed by atoms with Crippen LogP contribution in [0.15, 0.2) is 36.4 Å². The Morgan fingerprint density at radius 2 is 1.55 bits per heavy atom. The molecule has 0 saturated carbocycles. The average Bonchev–Trinajstić information content (AvgIpc) is 2.72. The highest BCUT2D eigenvalue weighted by molar-refractivity contribution is 6.02. The van der Waals surface area contributed by atoms with Crippen molar-refractivity contribution in [2.24, 2.45) is 0 Å². The Morgan fingerprint density at radius 1 is 0.931 bits per heavy atom. The van der Waals surface area contributed by atoms with E-state index in [1.807, 2.05) is 26.0 Å². The zero-order valence-corrected chi connectivity index (χ0v) is 17.6. The normalized spacial score (nSPS) is 11.8. The molecule has 2 aromatic rings. The average molecular weight is 398 g/mol. The van der Waals surface area contributed by atoms with Crippen LogP contribution in [0.5, 0.6) is 17.2 Å². The van der Waals surface area contributed by atoms with Gasteiger partial charge in [-0.25, -0.2) is 4.79 Å². The van der Waals surface area contributed by atoms with Gasteiger partial charge in [-0.1, -0.05) is 17.7 Å². The molecule has 2 aromatic carbocycles. The lowest BCUT2D eigenvalue weighted by molar-refractivity contribution is -0.140. The lowest BCUT2D eigenvalue weighted by Gasteiger charge is -2.14. The number of carbonyl (C=O) groups excluding carboxylic acids is 2. The summed E-state index contributed by atoms with van der Waals surface area (Å²) < 4.78 is 21.1. The number of rotatable bonds is 8. The van der Waals surface area contributed by atoms with Crippen molar-refractivity contribution in [3.63, 3.8) is 0 Å². The fourth-order valence-electron chi connectivity index (χ4n) is 2.85. The number of Topliss-reactive ketones (excluding diaryl/α,β-unsaturated/α-hetero) is 1. The molecule has 0 bridgehead atoms. The van der Waals surface area contributed by atoms with E-state index in [4.69, 9.17) is 18.9 Å². The van der Waals surface area contributed by atoms with E-state index >= 15 is 0 Å². The quantitative estimate of drug-likeness (QED) is 0.378. The molecule has 154 valence electrons. The van der Waals surface area contributed by atoms with Gasteiger partial charge in [0.2, 0.25) is 11.5 Å². The summed E-state index contributed by atoms with van der Waals surface area (Å²) in [5, 5.41) is 0. The fourth-order valence-corrected chi connectivity index (χ4v) is 2.85. The molecule has 0 unspecified atom stereocenters. The number of esters is 1. The van der Waals surface area contributed by atoms with Crippen molar-refractivity contribution >= 4 is 17.8 Å². The minimum absolute atomic E-state index is 0.235. The molecule has 0 aliphatic heterocycles. The molecule has 6 nitrogen and oxygen atoms in total. The van der Waals surface area contributed by atoms with Crippen molar-refractivity contribution in [1.29, 1.82) is 0 Å². The lowest BCUT2D eigenvalue weighted by atomic mass is 9.99. The van der Waals surface area contributed by atoms with Crippen LogP contribution in [0.4, 0.5) is 0 Å². The maximum Gasteiger partial charge on any atom is 0.331 e. The van der Waals surface area contributed by atoms with Gasteiger partial charge >= 0.3 is 5.97 Å². The van der Waals surface area contributed by atoms with E-state index in [1.165, 1.54) is 27.4 Å². The van der Waals surface area contributed by atoms with Gasteiger partial charge in [0.25, 0.3) is 0 Å². The Hall–Kier alpha value is -3.28. The molecule has 6 heteroatoms. The van der Waals surface area contributed by atoms with E-state index < -0.39 is 12.1 Å². The van der Waals surface area contributed by atoms with Crippen molar-refractivity contribution in [3.05, 3.63) is 58.7 Å². The molecular formula is C23H26O6. The molecule has 0 aromatic heterocycles. The van der Waals surface area contributed by atoms with Gasteiger partial charge in [-0.3, -0.25) is 4.79 Å². The molecular weight excluding hydrogens is 372 g/mol. The molecule has 0 heterocycles. The Labute approximate surface area is 171 Å². The second-order valence-electron chi connectivity index (χ2n) is 6.55. The highest BCUT2D eigenvalue weighted by Gasteiger charge is 2.20. The Bertz CT molecular complexity index is 904. The molecule has 0 aliphatic rings. The maximum atomic E-state index is 12.6. The van der Waals surface area contributed by atoms with Crippen molar-refractivity contribution < 1.29 is 28.5 Å². The van der Waals surface area contributed by atoms with Crippen molar-refractivity contribution in [1.82, 2.24) is 0 Å². The third-order valence-electron chi connectivity index (χ3n) is 4.42. The number of aryl methyl sites for hydroxylation is 2. The summed E-state index contributed by atoms with van der Waals surface area (Å²) >= 11 is 0. The fraction of sp³-hybridized carbons (Fsp3) is 0.304. The summed E-state index contributed by atoms with van der Waals surface area (Å²) in [6.07, 6.45) is 1.92. The van der Waals surface area contributed by atoms with Gasteiger partial charge in [-0.2, -0.15) is 0 Å². The lowest BCUT2D eigenvalue weighted by Crippen LogP contribution is -2.24. The molecule has 0 spiro atoms. The first-order valence-corrected chi connectivity index (χ1v) is 9.10. The molecule has 1 atom stereocenters. The zero-order chi connectivity index (χ0) is 21.6. The van der Waals surface area contributed by atoms with E-state index in [2.05, 4.69) is 0 Å². The number of hydrogen-bond donors (Lipinski definition) is 0. The Balaban J connectivity index is 2.13. The van der Waals surface area contributed by atoms with E-state index in [1.54, 1.807) is 31.2 Å². The summed E-state index contributed by atoms with van der Waals surface area (Å²) in [6, 6.07) is 9.02. The maximum absolute atomic E-state index is 12.6. The predicted molar refractivity (Wildman–Crippen MR) is 111 cm³/mol. The second-order valence-corrected chi connectivity index (χ2v) is 6.55. The minimum Gasteiger partial charge on any atom is -0.493 e. The minimum atomic E-state index is -0.896. The van der Waals surface area contributed by atoms with Crippen molar-refractivity contribution in [3.8, 4) is 17.2 Å². The first-order valence-electron chi connectivity index (χ1n) is 9.10.